The molecule has 3 nitrogen and oxygen atoms in total. The summed E-state index contributed by atoms with van der Waals surface area (Å²) in [5.74, 6) is 1.95. The van der Waals surface area contributed by atoms with Gasteiger partial charge in [0.25, 0.3) is 0 Å². The van der Waals surface area contributed by atoms with E-state index in [1.54, 1.807) is 0 Å². The van der Waals surface area contributed by atoms with Gasteiger partial charge in [-0.1, -0.05) is 19.0 Å². The van der Waals surface area contributed by atoms with Crippen molar-refractivity contribution in [3.63, 3.8) is 0 Å². The van der Waals surface area contributed by atoms with Crippen LogP contribution in [0.25, 0.3) is 0 Å². The quantitative estimate of drug-likeness (QED) is 0.286. The number of halogens is 1. The van der Waals surface area contributed by atoms with Gasteiger partial charge in [-0.05, 0) is 52.2 Å². The van der Waals surface area contributed by atoms with Gasteiger partial charge in [0.05, 0.1) is 0 Å². The van der Waals surface area contributed by atoms with Gasteiger partial charge in [-0.3, -0.25) is 0 Å². The van der Waals surface area contributed by atoms with E-state index < -0.39 is 0 Å². The summed E-state index contributed by atoms with van der Waals surface area (Å²) in [6, 6.07) is 5.85. The van der Waals surface area contributed by atoms with Gasteiger partial charge in [0.15, 0.2) is 5.84 Å². The van der Waals surface area contributed by atoms with Crippen LogP contribution >= 0.6 is 27.7 Å². The summed E-state index contributed by atoms with van der Waals surface area (Å²) in [4.78, 5) is 1.19. The topological polar surface area (TPSA) is 58.6 Å². The van der Waals surface area contributed by atoms with E-state index in [0.717, 1.165) is 16.1 Å². The molecule has 1 aromatic carbocycles. The molecule has 0 saturated carbocycles. The van der Waals surface area contributed by atoms with Gasteiger partial charge in [-0.2, -0.15) is 0 Å². The van der Waals surface area contributed by atoms with Crippen LogP contribution in [0.15, 0.2) is 32.7 Å². The van der Waals surface area contributed by atoms with Crippen LogP contribution in [-0.2, 0) is 0 Å². The van der Waals surface area contributed by atoms with E-state index in [-0.39, 0.29) is 5.84 Å². The Morgan fingerprint density at radius 3 is 2.76 bits per heavy atom. The molecule has 5 heteroatoms. The van der Waals surface area contributed by atoms with Crippen LogP contribution in [0.4, 0.5) is 0 Å². The predicted molar refractivity (Wildman–Crippen MR) is 76.8 cm³/mol. The van der Waals surface area contributed by atoms with Crippen LogP contribution in [-0.4, -0.2) is 16.8 Å². The maximum Gasteiger partial charge on any atom is 0.171 e. The molecule has 94 valence electrons. The van der Waals surface area contributed by atoms with Crippen molar-refractivity contribution >= 4 is 33.5 Å². The molecule has 0 heterocycles. The second-order valence-corrected chi connectivity index (χ2v) is 6.18. The van der Waals surface area contributed by atoms with Gasteiger partial charge in [0.2, 0.25) is 0 Å². The predicted octanol–water partition coefficient (Wildman–Crippen LogP) is 3.68. The lowest BCUT2D eigenvalue weighted by Gasteiger charge is -2.07. The number of oxime groups is 1. The summed E-state index contributed by atoms with van der Waals surface area (Å²) in [6.07, 6.45) is 1.20. The molecule has 0 amide bonds. The normalized spacial score (nSPS) is 12.1. The monoisotopic (exact) mass is 316 g/mol. The summed E-state index contributed by atoms with van der Waals surface area (Å²) in [5, 5.41) is 11.6. The molecule has 0 spiro atoms. The van der Waals surface area contributed by atoms with E-state index in [4.69, 9.17) is 10.9 Å². The fourth-order valence-corrected chi connectivity index (χ4v) is 3.18. The first-order valence-corrected chi connectivity index (χ1v) is 7.22. The summed E-state index contributed by atoms with van der Waals surface area (Å²) in [5.41, 5.74) is 6.26. The zero-order valence-electron chi connectivity index (χ0n) is 9.98. The van der Waals surface area contributed by atoms with Crippen molar-refractivity contribution in [2.24, 2.45) is 16.8 Å². The zero-order valence-corrected chi connectivity index (χ0v) is 12.4. The van der Waals surface area contributed by atoms with Crippen LogP contribution in [0.1, 0.15) is 25.8 Å². The molecule has 0 unspecified atom stereocenters. The van der Waals surface area contributed by atoms with Gasteiger partial charge in [0, 0.05) is 14.9 Å². The highest BCUT2D eigenvalue weighted by atomic mass is 79.9. The van der Waals surface area contributed by atoms with Crippen LogP contribution in [0, 0.1) is 5.92 Å². The molecule has 1 rings (SSSR count). The highest BCUT2D eigenvalue weighted by molar-refractivity contribution is 9.10. The standard InChI is InChI=1S/C12H17BrN2OS/c1-8(2)5-6-17-9-3-4-10(11(13)7-9)12(14)15-16/h3-4,7-8,16H,5-6H2,1-2H3,(H2,14,15). The molecule has 0 aromatic heterocycles. The zero-order chi connectivity index (χ0) is 12.8. The number of hydrogen-bond acceptors (Lipinski definition) is 3. The average molecular weight is 317 g/mol. The summed E-state index contributed by atoms with van der Waals surface area (Å²) >= 11 is 5.24. The number of nitrogens with two attached hydrogens (primary N) is 1. The maximum absolute atomic E-state index is 8.62. The van der Waals surface area contributed by atoms with E-state index in [1.807, 2.05) is 30.0 Å². The van der Waals surface area contributed by atoms with Crippen LogP contribution in [0.3, 0.4) is 0 Å². The molecule has 0 aliphatic heterocycles. The second kappa shape index (κ2) is 6.91. The Labute approximate surface area is 115 Å². The molecule has 0 saturated heterocycles. The van der Waals surface area contributed by atoms with Crippen molar-refractivity contribution in [2.75, 3.05) is 5.75 Å². The molecule has 0 atom stereocenters. The molecule has 0 radical (unpaired) electrons. The molecular weight excluding hydrogens is 300 g/mol. The van der Waals surface area contributed by atoms with Crippen LogP contribution in [0.5, 0.6) is 0 Å². The Hall–Kier alpha value is -0.680. The maximum atomic E-state index is 8.62. The van der Waals surface area contributed by atoms with Gasteiger partial charge in [-0.15, -0.1) is 11.8 Å². The Bertz CT molecular complexity index is 407. The van der Waals surface area contributed by atoms with Gasteiger partial charge < -0.3 is 10.9 Å². The Balaban J connectivity index is 2.69. The van der Waals surface area contributed by atoms with Crippen LogP contribution < -0.4 is 5.73 Å². The number of thioether (sulfide) groups is 1. The third-order valence-electron chi connectivity index (χ3n) is 2.29. The van der Waals surface area contributed by atoms with Crippen LogP contribution in [0.2, 0.25) is 0 Å². The minimum absolute atomic E-state index is 0.121. The largest absolute Gasteiger partial charge is 0.409 e. The Morgan fingerprint density at radius 2 is 2.24 bits per heavy atom. The molecule has 17 heavy (non-hydrogen) atoms. The third kappa shape index (κ3) is 4.60. The number of benzene rings is 1. The summed E-state index contributed by atoms with van der Waals surface area (Å²) < 4.78 is 0.849. The lowest BCUT2D eigenvalue weighted by molar-refractivity contribution is 0.318. The first-order valence-electron chi connectivity index (χ1n) is 5.45. The van der Waals surface area contributed by atoms with Crippen molar-refractivity contribution in [2.45, 2.75) is 25.2 Å². The Morgan fingerprint density at radius 1 is 1.53 bits per heavy atom. The molecular formula is C12H17BrN2OS. The van der Waals surface area contributed by atoms with Crippen molar-refractivity contribution in [3.05, 3.63) is 28.2 Å². The minimum atomic E-state index is 0.121. The number of amidine groups is 1. The van der Waals surface area contributed by atoms with Gasteiger partial charge >= 0.3 is 0 Å². The average Bonchev–Trinajstić information content (AvgIpc) is 2.28. The summed E-state index contributed by atoms with van der Waals surface area (Å²) in [6.45, 7) is 4.44. The van der Waals surface area contributed by atoms with Crippen molar-refractivity contribution in [1.29, 1.82) is 0 Å². The van der Waals surface area contributed by atoms with Crippen molar-refractivity contribution < 1.29 is 5.21 Å². The first kappa shape index (κ1) is 14.4. The Kier molecular flexibility index (Phi) is 5.85. The van der Waals surface area contributed by atoms with Crippen molar-refractivity contribution in [1.82, 2.24) is 0 Å². The van der Waals surface area contributed by atoms with Crippen molar-refractivity contribution in [3.8, 4) is 0 Å². The number of nitrogens with zero attached hydrogens (tertiary/aromatic N) is 1. The van der Waals surface area contributed by atoms with E-state index in [9.17, 15) is 0 Å². The van der Waals surface area contributed by atoms with E-state index in [1.165, 1.54) is 11.3 Å². The molecule has 0 fully saturated rings. The fourth-order valence-electron chi connectivity index (χ4n) is 1.26. The number of hydrogen-bond donors (Lipinski definition) is 2. The highest BCUT2D eigenvalue weighted by Gasteiger charge is 2.06. The molecule has 0 aliphatic carbocycles. The molecule has 3 N–H and O–H groups in total. The third-order valence-corrected chi connectivity index (χ3v) is 3.97. The lowest BCUT2D eigenvalue weighted by atomic mass is 10.2. The molecule has 1 aromatic rings. The SMILES string of the molecule is CC(C)CCSc1ccc(/C(N)=N/O)c(Br)c1. The second-order valence-electron chi connectivity index (χ2n) is 4.16. The fraction of sp³-hybridized carbons (Fsp3) is 0.417. The van der Waals surface area contributed by atoms with E-state index in [0.29, 0.717) is 5.56 Å². The molecule has 0 bridgehead atoms. The van der Waals surface area contributed by atoms with Gasteiger partial charge in [0.1, 0.15) is 0 Å². The minimum Gasteiger partial charge on any atom is -0.409 e. The smallest absolute Gasteiger partial charge is 0.171 e. The first-order chi connectivity index (χ1) is 8.04. The van der Waals surface area contributed by atoms with Gasteiger partial charge in [-0.25, -0.2) is 0 Å². The van der Waals surface area contributed by atoms with E-state index >= 15 is 0 Å². The summed E-state index contributed by atoms with van der Waals surface area (Å²) in [7, 11) is 0. The van der Waals surface area contributed by atoms with E-state index in [2.05, 4.69) is 34.9 Å². The highest BCUT2D eigenvalue weighted by Crippen LogP contribution is 2.26. The molecule has 0 aliphatic rings. The number of rotatable bonds is 5. The lowest BCUT2D eigenvalue weighted by Crippen LogP contribution is -2.13.